The third-order valence-corrected chi connectivity index (χ3v) is 7.51. The number of nitrogens with zero attached hydrogens (tertiary/aromatic N) is 2. The van der Waals surface area contributed by atoms with E-state index in [4.69, 9.17) is 14.2 Å². The van der Waals surface area contributed by atoms with Gasteiger partial charge in [0.2, 0.25) is 11.8 Å². The maximum Gasteiger partial charge on any atom is 0.231 e. The highest BCUT2D eigenvalue weighted by molar-refractivity contribution is 7.22. The fourth-order valence-electron chi connectivity index (χ4n) is 4.76. The minimum atomic E-state index is -0.566. The number of hydrogen-bond acceptors (Lipinski definition) is 7. The number of methoxy groups -OCH3 is 3. The van der Waals surface area contributed by atoms with Crippen LogP contribution in [0.5, 0.6) is 17.2 Å². The number of nitrogens with one attached hydrogen (secondary N) is 1. The van der Waals surface area contributed by atoms with Crippen LogP contribution < -0.4 is 24.4 Å². The zero-order valence-electron chi connectivity index (χ0n) is 20.8. The van der Waals surface area contributed by atoms with Crippen molar-refractivity contribution in [2.24, 2.45) is 5.92 Å². The van der Waals surface area contributed by atoms with E-state index in [9.17, 15) is 9.59 Å². The minimum absolute atomic E-state index is 0.0611. The van der Waals surface area contributed by atoms with E-state index >= 15 is 0 Å². The number of benzene rings is 3. The molecule has 1 saturated heterocycles. The second-order valence-electron chi connectivity index (χ2n) is 8.64. The summed E-state index contributed by atoms with van der Waals surface area (Å²) in [7, 11) is 4.72. The number of piperidine rings is 1. The Hall–Kier alpha value is -4.11. The van der Waals surface area contributed by atoms with E-state index in [1.54, 1.807) is 44.4 Å². The Labute approximate surface area is 218 Å². The van der Waals surface area contributed by atoms with Crippen LogP contribution >= 0.6 is 11.3 Å². The van der Waals surface area contributed by atoms with Crippen LogP contribution in [-0.2, 0) is 9.59 Å². The maximum atomic E-state index is 13.7. The largest absolute Gasteiger partial charge is 0.497 e. The number of para-hydroxylation sites is 1. The predicted molar refractivity (Wildman–Crippen MR) is 144 cm³/mol. The number of amides is 2. The molecule has 3 aromatic carbocycles. The Morgan fingerprint density at radius 1 is 0.973 bits per heavy atom. The number of anilines is 2. The van der Waals surface area contributed by atoms with Crippen molar-refractivity contribution in [3.63, 3.8) is 0 Å². The Kier molecular flexibility index (Phi) is 6.96. The lowest BCUT2D eigenvalue weighted by Gasteiger charge is -2.41. The Bertz CT molecular complexity index is 1400. The van der Waals surface area contributed by atoms with Gasteiger partial charge in [-0.1, -0.05) is 29.5 Å². The molecule has 1 N–H and O–H groups in total. The molecule has 0 saturated carbocycles. The Morgan fingerprint density at radius 2 is 1.73 bits per heavy atom. The summed E-state index contributed by atoms with van der Waals surface area (Å²) >= 11 is 1.43. The predicted octanol–water partition coefficient (Wildman–Crippen LogP) is 5.45. The Balaban J connectivity index is 1.55. The summed E-state index contributed by atoms with van der Waals surface area (Å²) in [5, 5.41) is 3.54. The zero-order chi connectivity index (χ0) is 25.9. The van der Waals surface area contributed by atoms with E-state index in [0.717, 1.165) is 15.8 Å². The van der Waals surface area contributed by atoms with E-state index in [-0.39, 0.29) is 18.2 Å². The smallest absolute Gasteiger partial charge is 0.231 e. The molecule has 4 aromatic rings. The van der Waals surface area contributed by atoms with E-state index in [1.165, 1.54) is 11.3 Å². The fourth-order valence-corrected chi connectivity index (χ4v) is 5.62. The summed E-state index contributed by atoms with van der Waals surface area (Å²) in [4.78, 5) is 33.3. The summed E-state index contributed by atoms with van der Waals surface area (Å²) in [6.07, 6.45) is 0.648. The van der Waals surface area contributed by atoms with Gasteiger partial charge in [0.1, 0.15) is 5.75 Å². The third-order valence-electron chi connectivity index (χ3n) is 6.56. The summed E-state index contributed by atoms with van der Waals surface area (Å²) in [5.74, 6) is 1.00. The molecule has 2 amide bonds. The molecule has 0 spiro atoms. The SMILES string of the molecule is COc1ccc(N2C(=O)CC[C@H](C(=O)Nc3nc4ccccc4s3)[C@@H]2c2ccc(OC)c(OC)c2)cc1. The van der Waals surface area contributed by atoms with Crippen LogP contribution in [0.15, 0.2) is 66.7 Å². The molecule has 0 unspecified atom stereocenters. The molecule has 190 valence electrons. The van der Waals surface area contributed by atoms with Gasteiger partial charge in [-0.15, -0.1) is 0 Å². The molecule has 5 rings (SSSR count). The van der Waals surface area contributed by atoms with Crippen LogP contribution in [-0.4, -0.2) is 38.1 Å². The van der Waals surface area contributed by atoms with E-state index in [0.29, 0.717) is 34.5 Å². The van der Waals surface area contributed by atoms with Crippen molar-refractivity contribution in [2.75, 3.05) is 31.5 Å². The molecule has 2 heterocycles. The van der Waals surface area contributed by atoms with Gasteiger partial charge in [0, 0.05) is 12.1 Å². The topological polar surface area (TPSA) is 90.0 Å². The van der Waals surface area contributed by atoms with Crippen LogP contribution in [0.1, 0.15) is 24.4 Å². The molecular weight excluding hydrogens is 490 g/mol. The van der Waals surface area contributed by atoms with Crippen LogP contribution in [0.3, 0.4) is 0 Å². The highest BCUT2D eigenvalue weighted by Crippen LogP contribution is 2.43. The van der Waals surface area contributed by atoms with Crippen molar-refractivity contribution in [2.45, 2.75) is 18.9 Å². The lowest BCUT2D eigenvalue weighted by Crippen LogP contribution is -2.47. The Morgan fingerprint density at radius 3 is 2.43 bits per heavy atom. The van der Waals surface area contributed by atoms with E-state index in [1.807, 2.05) is 48.5 Å². The maximum absolute atomic E-state index is 13.7. The van der Waals surface area contributed by atoms with Gasteiger partial charge in [-0.2, -0.15) is 0 Å². The fraction of sp³-hybridized carbons (Fsp3) is 0.250. The van der Waals surface area contributed by atoms with Gasteiger partial charge in [-0.05, 0) is 60.5 Å². The first-order chi connectivity index (χ1) is 18.0. The number of fused-ring (bicyclic) bond motifs is 1. The molecule has 37 heavy (non-hydrogen) atoms. The normalized spacial score (nSPS) is 17.5. The summed E-state index contributed by atoms with van der Waals surface area (Å²) < 4.78 is 17.2. The number of rotatable bonds is 7. The number of aromatic nitrogens is 1. The first-order valence-electron chi connectivity index (χ1n) is 11.9. The molecule has 2 atom stereocenters. The average Bonchev–Trinajstić information content (AvgIpc) is 3.34. The van der Waals surface area contributed by atoms with Crippen LogP contribution in [0, 0.1) is 5.92 Å². The molecule has 1 aromatic heterocycles. The highest BCUT2D eigenvalue weighted by Gasteiger charge is 2.42. The van der Waals surface area contributed by atoms with Crippen molar-refractivity contribution in [1.29, 1.82) is 0 Å². The van der Waals surface area contributed by atoms with Crippen LogP contribution in [0.4, 0.5) is 10.8 Å². The van der Waals surface area contributed by atoms with Crippen molar-refractivity contribution in [3.8, 4) is 17.2 Å². The molecule has 0 aliphatic carbocycles. The quantitative estimate of drug-likeness (QED) is 0.351. The lowest BCUT2D eigenvalue weighted by molar-refractivity contribution is -0.125. The number of thiazole rings is 1. The van der Waals surface area contributed by atoms with Gasteiger partial charge in [-0.3, -0.25) is 9.59 Å². The number of hydrogen-bond donors (Lipinski definition) is 1. The number of carbonyl (C=O) groups is 2. The van der Waals surface area contributed by atoms with Gasteiger partial charge in [0.15, 0.2) is 16.6 Å². The van der Waals surface area contributed by atoms with Gasteiger partial charge in [0.05, 0.1) is 43.5 Å². The molecule has 9 heteroatoms. The monoisotopic (exact) mass is 517 g/mol. The standard InChI is InChI=1S/C28H27N3O5S/c1-34-19-11-9-18(10-12-19)31-25(32)15-13-20(26(31)17-8-14-22(35-2)23(16-17)36-3)27(33)30-28-29-21-6-4-5-7-24(21)37-28/h4-12,14,16,20,26H,13,15H2,1-3H3,(H,29,30,33)/t20-,26-/m0/s1. The van der Waals surface area contributed by atoms with Gasteiger partial charge in [-0.25, -0.2) is 4.98 Å². The third kappa shape index (κ3) is 4.82. The van der Waals surface area contributed by atoms with Crippen molar-refractivity contribution < 1.29 is 23.8 Å². The van der Waals surface area contributed by atoms with Gasteiger partial charge in [0.25, 0.3) is 0 Å². The first-order valence-corrected chi connectivity index (χ1v) is 12.7. The zero-order valence-corrected chi connectivity index (χ0v) is 21.6. The van der Waals surface area contributed by atoms with Crippen LogP contribution in [0.25, 0.3) is 10.2 Å². The van der Waals surface area contributed by atoms with Crippen molar-refractivity contribution in [3.05, 3.63) is 72.3 Å². The minimum Gasteiger partial charge on any atom is -0.497 e. The number of ether oxygens (including phenoxy) is 3. The molecule has 0 radical (unpaired) electrons. The van der Waals surface area contributed by atoms with Gasteiger partial charge >= 0.3 is 0 Å². The van der Waals surface area contributed by atoms with Crippen LogP contribution in [0.2, 0.25) is 0 Å². The summed E-state index contributed by atoms with van der Waals surface area (Å²) in [6, 6.07) is 20.0. The van der Waals surface area contributed by atoms with E-state index in [2.05, 4.69) is 10.3 Å². The second-order valence-corrected chi connectivity index (χ2v) is 9.67. The van der Waals surface area contributed by atoms with E-state index < -0.39 is 12.0 Å². The number of carbonyl (C=O) groups excluding carboxylic acids is 2. The highest BCUT2D eigenvalue weighted by atomic mass is 32.1. The molecule has 1 aliphatic rings. The molecule has 1 fully saturated rings. The van der Waals surface area contributed by atoms with Gasteiger partial charge < -0.3 is 24.4 Å². The molecular formula is C28H27N3O5S. The molecule has 1 aliphatic heterocycles. The second kappa shape index (κ2) is 10.5. The lowest BCUT2D eigenvalue weighted by atomic mass is 9.83. The summed E-state index contributed by atoms with van der Waals surface area (Å²) in [6.45, 7) is 0. The average molecular weight is 518 g/mol. The molecule has 8 nitrogen and oxygen atoms in total. The molecule has 0 bridgehead atoms. The first kappa shape index (κ1) is 24.6. The van der Waals surface area contributed by atoms with Crippen molar-refractivity contribution in [1.82, 2.24) is 4.98 Å². The van der Waals surface area contributed by atoms with Crippen molar-refractivity contribution >= 4 is 44.2 Å². The summed E-state index contributed by atoms with van der Waals surface area (Å²) in [5.41, 5.74) is 2.28.